The van der Waals surface area contributed by atoms with Crippen molar-refractivity contribution < 1.29 is 14.2 Å². The normalized spacial score (nSPS) is 13.9. The second-order valence-corrected chi connectivity index (χ2v) is 5.50. The molecule has 0 saturated carbocycles. The van der Waals surface area contributed by atoms with Crippen molar-refractivity contribution in [3.8, 4) is 0 Å². The summed E-state index contributed by atoms with van der Waals surface area (Å²) < 4.78 is 18.4. The average Bonchev–Trinajstić information content (AvgIpc) is 2.50. The van der Waals surface area contributed by atoms with Gasteiger partial charge in [0, 0.05) is 18.8 Å². The first kappa shape index (κ1) is 17.9. The summed E-state index contributed by atoms with van der Waals surface area (Å²) in [5, 5.41) is 12.9. The first-order chi connectivity index (χ1) is 10.2. The first-order valence-electron chi connectivity index (χ1n) is 7.90. The van der Waals surface area contributed by atoms with Crippen molar-refractivity contribution in [3.05, 3.63) is 30.1 Å². The molecule has 0 heterocycles. The van der Waals surface area contributed by atoms with Gasteiger partial charge in [0.15, 0.2) is 0 Å². The number of hydrogen-bond donors (Lipinski definition) is 2. The van der Waals surface area contributed by atoms with Crippen LogP contribution in [0.4, 0.5) is 10.1 Å². The number of anilines is 1. The van der Waals surface area contributed by atoms with E-state index < -0.39 is 6.10 Å². The maximum absolute atomic E-state index is 12.8. The zero-order valence-corrected chi connectivity index (χ0v) is 13.1. The summed E-state index contributed by atoms with van der Waals surface area (Å²) in [6.07, 6.45) is 4.19. The summed E-state index contributed by atoms with van der Waals surface area (Å²) in [5.41, 5.74) is 0.796. The second kappa shape index (κ2) is 10.6. The van der Waals surface area contributed by atoms with Crippen LogP contribution in [0.3, 0.4) is 0 Å². The number of ether oxygens (including phenoxy) is 1. The third kappa shape index (κ3) is 8.02. The largest absolute Gasteiger partial charge is 0.389 e. The summed E-state index contributed by atoms with van der Waals surface area (Å²) in [4.78, 5) is 0. The molecule has 4 heteroatoms. The van der Waals surface area contributed by atoms with E-state index >= 15 is 0 Å². The predicted octanol–water partition coefficient (Wildman–Crippen LogP) is 3.83. The van der Waals surface area contributed by atoms with Gasteiger partial charge in [-0.25, -0.2) is 4.39 Å². The Balaban J connectivity index is 2.15. The Morgan fingerprint density at radius 3 is 2.52 bits per heavy atom. The van der Waals surface area contributed by atoms with Crippen LogP contribution in [0.1, 0.15) is 39.5 Å². The second-order valence-electron chi connectivity index (χ2n) is 5.50. The van der Waals surface area contributed by atoms with Gasteiger partial charge in [0.1, 0.15) is 5.82 Å². The van der Waals surface area contributed by atoms with Crippen molar-refractivity contribution in [2.75, 3.05) is 25.1 Å². The van der Waals surface area contributed by atoms with E-state index in [-0.39, 0.29) is 5.82 Å². The number of halogens is 1. The number of benzene rings is 1. The van der Waals surface area contributed by atoms with Gasteiger partial charge in [-0.2, -0.15) is 0 Å². The molecule has 1 aromatic rings. The van der Waals surface area contributed by atoms with Crippen molar-refractivity contribution >= 4 is 5.69 Å². The van der Waals surface area contributed by atoms with Crippen molar-refractivity contribution in [2.24, 2.45) is 5.92 Å². The summed E-state index contributed by atoms with van der Waals surface area (Å²) in [6.45, 7) is 5.81. The highest BCUT2D eigenvalue weighted by molar-refractivity contribution is 5.42. The highest BCUT2D eigenvalue weighted by atomic mass is 19.1. The molecule has 0 aliphatic carbocycles. The highest BCUT2D eigenvalue weighted by Gasteiger charge is 2.09. The molecule has 0 bridgehead atoms. The van der Waals surface area contributed by atoms with Gasteiger partial charge in [0.05, 0.1) is 12.7 Å². The molecule has 0 radical (unpaired) electrons. The third-order valence-corrected chi connectivity index (χ3v) is 3.59. The van der Waals surface area contributed by atoms with E-state index in [2.05, 4.69) is 19.2 Å². The lowest BCUT2D eigenvalue weighted by Crippen LogP contribution is -2.26. The van der Waals surface area contributed by atoms with Crippen molar-refractivity contribution in [3.63, 3.8) is 0 Å². The Kier molecular flexibility index (Phi) is 9.02. The molecule has 21 heavy (non-hydrogen) atoms. The summed E-state index contributed by atoms with van der Waals surface area (Å²) >= 11 is 0. The molecule has 0 saturated heterocycles. The minimum absolute atomic E-state index is 0.262. The Morgan fingerprint density at radius 1 is 1.19 bits per heavy atom. The van der Waals surface area contributed by atoms with E-state index in [9.17, 15) is 9.50 Å². The zero-order chi connectivity index (χ0) is 15.5. The lowest BCUT2D eigenvalue weighted by atomic mass is 10.0. The van der Waals surface area contributed by atoms with Crippen LogP contribution in [-0.4, -0.2) is 31.0 Å². The van der Waals surface area contributed by atoms with E-state index in [1.54, 1.807) is 12.1 Å². The Hall–Kier alpha value is -1.13. The Morgan fingerprint density at radius 2 is 1.90 bits per heavy atom. The third-order valence-electron chi connectivity index (χ3n) is 3.59. The van der Waals surface area contributed by atoms with E-state index in [0.29, 0.717) is 25.7 Å². The Bertz CT molecular complexity index is 370. The molecular weight excluding hydrogens is 269 g/mol. The smallest absolute Gasteiger partial charge is 0.123 e. The molecular formula is C17H28FNO2. The maximum Gasteiger partial charge on any atom is 0.123 e. The van der Waals surface area contributed by atoms with E-state index in [0.717, 1.165) is 12.1 Å². The standard InChI is InChI=1S/C17H28FNO2/c1-3-5-6-14(4-2)12-21-13-17(20)11-19-16-9-7-15(18)8-10-16/h7-10,14,17,19-20H,3-6,11-13H2,1-2H3. The van der Waals surface area contributed by atoms with Gasteiger partial charge in [0.25, 0.3) is 0 Å². The monoisotopic (exact) mass is 297 g/mol. The van der Waals surface area contributed by atoms with E-state index in [4.69, 9.17) is 4.74 Å². The number of rotatable bonds is 11. The molecule has 1 rings (SSSR count). The molecule has 2 unspecified atom stereocenters. The number of hydrogen-bond acceptors (Lipinski definition) is 3. The molecule has 0 aliphatic heterocycles. The first-order valence-corrected chi connectivity index (χ1v) is 7.90. The van der Waals surface area contributed by atoms with Crippen LogP contribution in [0.25, 0.3) is 0 Å². The van der Waals surface area contributed by atoms with Crippen LogP contribution in [-0.2, 0) is 4.74 Å². The predicted molar refractivity (Wildman–Crippen MR) is 85.0 cm³/mol. The number of nitrogens with one attached hydrogen (secondary N) is 1. The molecule has 3 nitrogen and oxygen atoms in total. The van der Waals surface area contributed by atoms with Gasteiger partial charge in [0.2, 0.25) is 0 Å². The van der Waals surface area contributed by atoms with Gasteiger partial charge < -0.3 is 15.2 Å². The topological polar surface area (TPSA) is 41.5 Å². The fraction of sp³-hybridized carbons (Fsp3) is 0.647. The minimum atomic E-state index is -0.557. The highest BCUT2D eigenvalue weighted by Crippen LogP contribution is 2.13. The molecule has 0 aromatic heterocycles. The lowest BCUT2D eigenvalue weighted by Gasteiger charge is -2.17. The average molecular weight is 297 g/mol. The van der Waals surface area contributed by atoms with Crippen LogP contribution in [0.2, 0.25) is 0 Å². The fourth-order valence-electron chi connectivity index (χ4n) is 2.13. The molecule has 0 amide bonds. The molecule has 2 atom stereocenters. The van der Waals surface area contributed by atoms with Crippen molar-refractivity contribution in [1.29, 1.82) is 0 Å². The Labute approximate surface area is 127 Å². The van der Waals surface area contributed by atoms with Gasteiger partial charge in [-0.15, -0.1) is 0 Å². The van der Waals surface area contributed by atoms with Crippen LogP contribution in [0, 0.1) is 11.7 Å². The van der Waals surface area contributed by atoms with Crippen LogP contribution >= 0.6 is 0 Å². The van der Waals surface area contributed by atoms with E-state index in [1.165, 1.54) is 31.4 Å². The quantitative estimate of drug-likeness (QED) is 0.652. The van der Waals surface area contributed by atoms with Gasteiger partial charge in [-0.1, -0.05) is 33.1 Å². The number of unbranched alkanes of at least 4 members (excludes halogenated alkanes) is 1. The molecule has 0 aliphatic rings. The fourth-order valence-corrected chi connectivity index (χ4v) is 2.13. The maximum atomic E-state index is 12.8. The van der Waals surface area contributed by atoms with Gasteiger partial charge in [-0.05, 0) is 36.6 Å². The van der Waals surface area contributed by atoms with Gasteiger partial charge in [-0.3, -0.25) is 0 Å². The molecule has 0 spiro atoms. The van der Waals surface area contributed by atoms with Crippen LogP contribution in [0.5, 0.6) is 0 Å². The van der Waals surface area contributed by atoms with Crippen molar-refractivity contribution in [2.45, 2.75) is 45.6 Å². The lowest BCUT2D eigenvalue weighted by molar-refractivity contribution is 0.0245. The summed E-state index contributed by atoms with van der Waals surface area (Å²) in [5.74, 6) is 0.323. The van der Waals surface area contributed by atoms with Crippen molar-refractivity contribution in [1.82, 2.24) is 0 Å². The summed E-state index contributed by atoms with van der Waals surface area (Å²) in [7, 11) is 0. The van der Waals surface area contributed by atoms with Crippen LogP contribution < -0.4 is 5.32 Å². The van der Waals surface area contributed by atoms with E-state index in [1.807, 2.05) is 0 Å². The number of aliphatic hydroxyl groups excluding tert-OH is 1. The number of aliphatic hydroxyl groups is 1. The SMILES string of the molecule is CCCCC(CC)COCC(O)CNc1ccc(F)cc1. The minimum Gasteiger partial charge on any atom is -0.389 e. The van der Waals surface area contributed by atoms with Crippen LogP contribution in [0.15, 0.2) is 24.3 Å². The molecule has 0 fully saturated rings. The zero-order valence-electron chi connectivity index (χ0n) is 13.1. The molecule has 1 aromatic carbocycles. The van der Waals surface area contributed by atoms with Gasteiger partial charge >= 0.3 is 0 Å². The molecule has 2 N–H and O–H groups in total. The molecule has 120 valence electrons. The summed E-state index contributed by atoms with van der Waals surface area (Å²) in [6, 6.07) is 6.09.